The molecule has 0 fully saturated rings. The Balaban J connectivity index is 1.69. The predicted molar refractivity (Wildman–Crippen MR) is 138 cm³/mol. The molecule has 5 aromatic carbocycles. The van der Waals surface area contributed by atoms with Gasteiger partial charge in [0.05, 0.1) is 0 Å². The zero-order valence-corrected chi connectivity index (χ0v) is 19.6. The fourth-order valence-corrected chi connectivity index (χ4v) is 4.85. The van der Waals surface area contributed by atoms with Gasteiger partial charge < -0.3 is 0 Å². The Morgan fingerprint density at radius 3 is 1.23 bits per heavy atom. The van der Waals surface area contributed by atoms with Crippen LogP contribution < -0.4 is 0 Å². The van der Waals surface area contributed by atoms with Crippen molar-refractivity contribution in [3.63, 3.8) is 0 Å². The summed E-state index contributed by atoms with van der Waals surface area (Å²) in [5.74, 6) is 0. The van der Waals surface area contributed by atoms with Gasteiger partial charge in [-0.05, 0) is 67.1 Å². The summed E-state index contributed by atoms with van der Waals surface area (Å²) >= 11 is 7.07. The molecular weight excluding hydrogens is 496 g/mol. The lowest BCUT2D eigenvalue weighted by Gasteiger charge is -2.12. The highest BCUT2D eigenvalue weighted by Crippen LogP contribution is 2.36. The number of hydrogen-bond donors (Lipinski definition) is 0. The smallest absolute Gasteiger partial charge is 0.0283 e. The van der Waals surface area contributed by atoms with Crippen molar-refractivity contribution < 1.29 is 0 Å². The predicted octanol–water partition coefficient (Wildman–Crippen LogP) is 9.12. The molecule has 0 aliphatic heterocycles. The first-order valence-corrected chi connectivity index (χ1v) is 12.3. The number of halogens is 2. The molecule has 0 aliphatic rings. The molecule has 2 heteroatoms. The van der Waals surface area contributed by atoms with Crippen LogP contribution in [0.1, 0.15) is 11.1 Å². The van der Waals surface area contributed by atoms with E-state index in [1.807, 2.05) is 0 Å². The summed E-state index contributed by atoms with van der Waals surface area (Å²) in [7, 11) is 0. The van der Waals surface area contributed by atoms with Crippen LogP contribution in [-0.2, 0) is 10.7 Å². The number of rotatable bonds is 4. The molecule has 0 saturated carbocycles. The molecule has 5 aromatic rings. The Labute approximate surface area is 193 Å². The maximum Gasteiger partial charge on any atom is 0.0283 e. The second kappa shape index (κ2) is 8.37. The van der Waals surface area contributed by atoms with Gasteiger partial charge in [-0.2, -0.15) is 0 Å². The molecule has 0 N–H and O–H groups in total. The zero-order valence-electron chi connectivity index (χ0n) is 16.4. The van der Waals surface area contributed by atoms with Gasteiger partial charge in [0.25, 0.3) is 0 Å². The van der Waals surface area contributed by atoms with E-state index in [4.69, 9.17) is 0 Å². The summed E-state index contributed by atoms with van der Waals surface area (Å²) in [5.41, 5.74) is 7.66. The summed E-state index contributed by atoms with van der Waals surface area (Å²) in [5, 5.41) is 6.90. The Hall–Kier alpha value is -2.42. The van der Waals surface area contributed by atoms with Crippen LogP contribution in [0, 0.1) is 0 Å². The molecule has 30 heavy (non-hydrogen) atoms. The molecule has 0 radical (unpaired) electrons. The number of alkyl halides is 2. The maximum absolute atomic E-state index is 3.54. The van der Waals surface area contributed by atoms with E-state index in [1.54, 1.807) is 0 Å². The van der Waals surface area contributed by atoms with Crippen LogP contribution in [0.4, 0.5) is 0 Å². The van der Waals surface area contributed by atoms with Gasteiger partial charge in [-0.15, -0.1) is 0 Å². The Morgan fingerprint density at radius 2 is 0.867 bits per heavy atom. The first-order chi connectivity index (χ1) is 14.8. The maximum atomic E-state index is 3.54. The fourth-order valence-electron chi connectivity index (χ4n) is 4.10. The lowest BCUT2D eigenvalue weighted by molar-refractivity contribution is 1.44. The third-order valence-corrected chi connectivity index (χ3v) is 7.01. The summed E-state index contributed by atoms with van der Waals surface area (Å²) in [6.07, 6.45) is 0. The lowest BCUT2D eigenvalue weighted by atomic mass is 9.92. The SMILES string of the molecule is BrCc1ccc(-c2cccc3cc4c(-c5ccc(CBr)cc5)cccc4cc23)cc1. The molecule has 0 unspecified atom stereocenters. The molecule has 5 rings (SSSR count). The molecule has 0 amide bonds. The van der Waals surface area contributed by atoms with Crippen LogP contribution in [0.5, 0.6) is 0 Å². The summed E-state index contributed by atoms with van der Waals surface area (Å²) in [6.45, 7) is 0. The van der Waals surface area contributed by atoms with Crippen LogP contribution >= 0.6 is 31.9 Å². The minimum atomic E-state index is 0.882. The normalized spacial score (nSPS) is 11.3. The topological polar surface area (TPSA) is 0 Å². The van der Waals surface area contributed by atoms with E-state index in [0.717, 1.165) is 10.7 Å². The average molecular weight is 516 g/mol. The highest BCUT2D eigenvalue weighted by molar-refractivity contribution is 9.08. The Morgan fingerprint density at radius 1 is 0.467 bits per heavy atom. The van der Waals surface area contributed by atoms with Crippen molar-refractivity contribution in [3.8, 4) is 22.3 Å². The number of benzene rings is 5. The van der Waals surface area contributed by atoms with E-state index < -0.39 is 0 Å². The van der Waals surface area contributed by atoms with Crippen molar-refractivity contribution in [1.82, 2.24) is 0 Å². The van der Waals surface area contributed by atoms with Crippen molar-refractivity contribution in [3.05, 3.63) is 108 Å². The van der Waals surface area contributed by atoms with Gasteiger partial charge in [0, 0.05) is 10.7 Å². The van der Waals surface area contributed by atoms with Crippen molar-refractivity contribution in [2.75, 3.05) is 0 Å². The first-order valence-electron chi connectivity index (χ1n) is 10.0. The largest absolute Gasteiger partial charge is 0.0876 e. The van der Waals surface area contributed by atoms with E-state index in [9.17, 15) is 0 Å². The molecule has 0 aromatic heterocycles. The highest BCUT2D eigenvalue weighted by atomic mass is 79.9. The average Bonchev–Trinajstić information content (AvgIpc) is 2.82. The quantitative estimate of drug-likeness (QED) is 0.165. The van der Waals surface area contributed by atoms with Crippen LogP contribution in [0.15, 0.2) is 97.1 Å². The Bertz CT molecular complexity index is 1230. The van der Waals surface area contributed by atoms with E-state index >= 15 is 0 Å². The second-order valence-corrected chi connectivity index (χ2v) is 8.69. The number of fused-ring (bicyclic) bond motifs is 2. The van der Waals surface area contributed by atoms with Crippen molar-refractivity contribution in [2.45, 2.75) is 10.7 Å². The molecule has 0 heterocycles. The van der Waals surface area contributed by atoms with Crippen LogP contribution in [-0.4, -0.2) is 0 Å². The van der Waals surface area contributed by atoms with Gasteiger partial charge in [0.15, 0.2) is 0 Å². The molecule has 146 valence electrons. The first kappa shape index (κ1) is 19.5. The van der Waals surface area contributed by atoms with E-state index in [1.165, 1.54) is 54.9 Å². The van der Waals surface area contributed by atoms with Gasteiger partial charge >= 0.3 is 0 Å². The third kappa shape index (κ3) is 3.59. The third-order valence-electron chi connectivity index (χ3n) is 5.72. The molecule has 0 bridgehead atoms. The minimum absolute atomic E-state index is 0.882. The van der Waals surface area contributed by atoms with Crippen molar-refractivity contribution in [2.24, 2.45) is 0 Å². The lowest BCUT2D eigenvalue weighted by Crippen LogP contribution is -1.86. The second-order valence-electron chi connectivity index (χ2n) is 7.57. The summed E-state index contributed by atoms with van der Waals surface area (Å²) < 4.78 is 0. The van der Waals surface area contributed by atoms with E-state index in [0.29, 0.717) is 0 Å². The van der Waals surface area contributed by atoms with Gasteiger partial charge in [-0.3, -0.25) is 0 Å². The number of hydrogen-bond acceptors (Lipinski definition) is 0. The monoisotopic (exact) mass is 514 g/mol. The summed E-state index contributed by atoms with van der Waals surface area (Å²) in [4.78, 5) is 0. The van der Waals surface area contributed by atoms with Gasteiger partial charge in [0.1, 0.15) is 0 Å². The standard InChI is InChI=1S/C28H20Br2/c29-17-19-7-11-21(12-8-19)25-5-1-3-23-15-28-24(16-27(23)25)4-2-6-26(28)22-13-9-20(18-30)10-14-22/h1-16H,17-18H2. The van der Waals surface area contributed by atoms with Crippen molar-refractivity contribution >= 4 is 53.4 Å². The van der Waals surface area contributed by atoms with Crippen molar-refractivity contribution in [1.29, 1.82) is 0 Å². The van der Waals surface area contributed by atoms with Gasteiger partial charge in [-0.1, -0.05) is 117 Å². The molecule has 0 aliphatic carbocycles. The van der Waals surface area contributed by atoms with E-state index in [2.05, 4.69) is 129 Å². The Kier molecular flexibility index (Phi) is 5.45. The molecule has 0 spiro atoms. The van der Waals surface area contributed by atoms with Crippen LogP contribution in [0.2, 0.25) is 0 Å². The van der Waals surface area contributed by atoms with Gasteiger partial charge in [0.2, 0.25) is 0 Å². The fraction of sp³-hybridized carbons (Fsp3) is 0.0714. The van der Waals surface area contributed by atoms with Crippen LogP contribution in [0.3, 0.4) is 0 Å². The molecular formula is C28H20Br2. The van der Waals surface area contributed by atoms with E-state index in [-0.39, 0.29) is 0 Å². The molecule has 0 saturated heterocycles. The summed E-state index contributed by atoms with van der Waals surface area (Å²) in [6, 6.07) is 35.5. The van der Waals surface area contributed by atoms with Gasteiger partial charge in [-0.25, -0.2) is 0 Å². The minimum Gasteiger partial charge on any atom is -0.0876 e. The van der Waals surface area contributed by atoms with Crippen LogP contribution in [0.25, 0.3) is 43.8 Å². The molecule has 0 atom stereocenters. The molecule has 0 nitrogen and oxygen atoms in total. The zero-order chi connectivity index (χ0) is 20.5. The highest BCUT2D eigenvalue weighted by Gasteiger charge is 2.09.